The molecule has 7 heteroatoms. The summed E-state index contributed by atoms with van der Waals surface area (Å²) in [4.78, 5) is 15.1. The zero-order chi connectivity index (χ0) is 35.0. The van der Waals surface area contributed by atoms with Gasteiger partial charge in [0.25, 0.3) is 0 Å². The Hall–Kier alpha value is -6.31. The molecule has 3 N–H and O–H groups in total. The van der Waals surface area contributed by atoms with Gasteiger partial charge in [0.15, 0.2) is 0 Å². The summed E-state index contributed by atoms with van der Waals surface area (Å²) in [6.07, 6.45) is 8.67. The van der Waals surface area contributed by atoms with Gasteiger partial charge in [-0.05, 0) is 84.6 Å². The molecule has 6 heterocycles. The van der Waals surface area contributed by atoms with Crippen LogP contribution in [-0.2, 0) is 0 Å². The average molecular weight is 688 g/mol. The number of hydrogen-bond donors (Lipinski definition) is 3. The Kier molecular flexibility index (Phi) is 6.79. The number of allylic oxidation sites excluding steroid dienone is 1. The van der Waals surface area contributed by atoms with E-state index < -0.39 is 0 Å². The zero-order valence-corrected chi connectivity index (χ0v) is 29.3. The van der Waals surface area contributed by atoms with Crippen molar-refractivity contribution >= 4 is 44.5 Å². The van der Waals surface area contributed by atoms with Crippen molar-refractivity contribution in [2.45, 2.75) is 25.0 Å². The number of likely N-dealkylation sites (N-methyl/N-ethyl adjacent to an activating group) is 1. The molecule has 1 saturated carbocycles. The van der Waals surface area contributed by atoms with Crippen LogP contribution in [0, 0.1) is 5.92 Å². The van der Waals surface area contributed by atoms with Crippen molar-refractivity contribution < 1.29 is 0 Å². The van der Waals surface area contributed by atoms with Crippen molar-refractivity contribution in [2.24, 2.45) is 10.9 Å². The number of pyridine rings is 2. The van der Waals surface area contributed by atoms with Gasteiger partial charge in [0, 0.05) is 76.0 Å². The van der Waals surface area contributed by atoms with Gasteiger partial charge in [0.2, 0.25) is 0 Å². The lowest BCUT2D eigenvalue weighted by Gasteiger charge is -2.17. The van der Waals surface area contributed by atoms with Crippen molar-refractivity contribution in [1.29, 1.82) is 0 Å². The first-order chi connectivity index (χ1) is 26.2. The van der Waals surface area contributed by atoms with Gasteiger partial charge in [-0.1, -0.05) is 66.7 Å². The highest BCUT2D eigenvalue weighted by Gasteiger charge is 2.65. The number of aliphatic imine (C=N–C) groups is 1. The molecule has 4 aliphatic rings. The molecule has 0 amide bonds. The Morgan fingerprint density at radius 2 is 1.53 bits per heavy atom. The fourth-order valence-electron chi connectivity index (χ4n) is 8.33. The maximum atomic E-state index is 5.17. The van der Waals surface area contributed by atoms with Crippen LogP contribution >= 0.6 is 0 Å². The van der Waals surface area contributed by atoms with Gasteiger partial charge < -0.3 is 20.5 Å². The van der Waals surface area contributed by atoms with E-state index >= 15 is 0 Å². The van der Waals surface area contributed by atoms with E-state index in [0.717, 1.165) is 69.6 Å². The van der Waals surface area contributed by atoms with Crippen LogP contribution in [0.1, 0.15) is 24.4 Å². The highest BCUT2D eigenvalue weighted by atomic mass is 15.3. The first-order valence-electron chi connectivity index (χ1n) is 18.6. The quantitative estimate of drug-likeness (QED) is 0.140. The molecule has 0 radical (unpaired) electrons. The van der Waals surface area contributed by atoms with Crippen LogP contribution in [0.2, 0.25) is 0 Å². The fraction of sp³-hybridized carbons (Fsp3) is 0.152. The molecular weight excluding hydrogens is 651 g/mol. The molecule has 0 spiro atoms. The monoisotopic (exact) mass is 687 g/mol. The Morgan fingerprint density at radius 1 is 0.755 bits per heavy atom. The van der Waals surface area contributed by atoms with Crippen LogP contribution in [0.3, 0.4) is 0 Å². The van der Waals surface area contributed by atoms with E-state index in [2.05, 4.69) is 167 Å². The van der Waals surface area contributed by atoms with Crippen LogP contribution < -0.4 is 16.0 Å². The SMILES string of the molecule is CCNC1=CCNC(c2cccc(-c3ccc4c(ccc5c6ccc(-c7cccc(C8C=C(C9C%10NC%109)C=N8)n7)cc6n(-c6ccccc6)c45)c3)n2)=C1. The molecule has 3 atom stereocenters. The molecular formula is C46H37N7. The molecule has 3 aliphatic heterocycles. The standard InChI is InChI=1S/C46H37N7/c1-2-47-31-20-21-48-41(25-31)39-13-6-10-36(50-39)28-15-17-33-27(22-28)14-19-35-34-18-16-29(24-42(34)53(46(33)35)32-8-4-3-5-9-32)37-11-7-12-38(51-37)40-23-30(26-49-40)43-44-45(43)52-44/h3-20,22-26,40,43-45,47-48,52H,2,21H2,1H3. The predicted molar refractivity (Wildman–Crippen MR) is 216 cm³/mol. The maximum Gasteiger partial charge on any atom is 0.111 e. The lowest BCUT2D eigenvalue weighted by molar-refractivity contribution is 0.741. The van der Waals surface area contributed by atoms with Gasteiger partial charge in [0.05, 0.1) is 39.5 Å². The summed E-state index contributed by atoms with van der Waals surface area (Å²) >= 11 is 0. The molecule has 0 bridgehead atoms. The van der Waals surface area contributed by atoms with Crippen LogP contribution in [-0.4, -0.2) is 45.9 Å². The molecule has 1 aliphatic carbocycles. The lowest BCUT2D eigenvalue weighted by atomic mass is 10.0. The lowest BCUT2D eigenvalue weighted by Crippen LogP contribution is -2.22. The van der Waals surface area contributed by atoms with Crippen molar-refractivity contribution in [3.8, 4) is 28.2 Å². The molecule has 1 saturated heterocycles. The number of aromatic nitrogens is 3. The van der Waals surface area contributed by atoms with Crippen molar-refractivity contribution in [3.05, 3.63) is 156 Å². The van der Waals surface area contributed by atoms with Gasteiger partial charge >= 0.3 is 0 Å². The first kappa shape index (κ1) is 30.3. The Labute approximate surface area is 307 Å². The molecule has 7 nitrogen and oxygen atoms in total. The fourth-order valence-corrected chi connectivity index (χ4v) is 8.33. The number of hydrogen-bond acceptors (Lipinski definition) is 6. The third-order valence-electron chi connectivity index (χ3n) is 11.2. The molecule has 2 fully saturated rings. The van der Waals surface area contributed by atoms with E-state index in [1.54, 1.807) is 0 Å². The Bertz CT molecular complexity index is 2740. The van der Waals surface area contributed by atoms with Crippen LogP contribution in [0.5, 0.6) is 0 Å². The van der Waals surface area contributed by atoms with E-state index in [0.29, 0.717) is 18.0 Å². The normalized spacial score (nSPS) is 21.3. The number of rotatable bonds is 8. The minimum atomic E-state index is -0.0208. The summed E-state index contributed by atoms with van der Waals surface area (Å²) < 4.78 is 2.42. The van der Waals surface area contributed by atoms with E-state index in [-0.39, 0.29) is 6.04 Å². The number of nitrogens with zero attached hydrogens (tertiary/aromatic N) is 4. The molecule has 53 heavy (non-hydrogen) atoms. The minimum Gasteiger partial charge on any atom is -0.385 e. The Balaban J connectivity index is 1.01. The smallest absolute Gasteiger partial charge is 0.111 e. The molecule has 4 aromatic carbocycles. The van der Waals surface area contributed by atoms with Crippen molar-refractivity contribution in [2.75, 3.05) is 13.1 Å². The first-order valence-corrected chi connectivity index (χ1v) is 18.6. The number of para-hydroxylation sites is 1. The molecule has 256 valence electrons. The number of dihydropyridines is 1. The van der Waals surface area contributed by atoms with Gasteiger partial charge in [-0.15, -0.1) is 0 Å². The maximum absolute atomic E-state index is 5.17. The van der Waals surface area contributed by atoms with Crippen LogP contribution in [0.25, 0.3) is 66.5 Å². The third kappa shape index (κ3) is 5.11. The molecule has 3 unspecified atom stereocenters. The van der Waals surface area contributed by atoms with E-state index in [1.165, 1.54) is 32.6 Å². The topological polar surface area (TPSA) is 89.1 Å². The summed E-state index contributed by atoms with van der Waals surface area (Å²) in [5.74, 6) is 0.649. The summed E-state index contributed by atoms with van der Waals surface area (Å²) in [7, 11) is 0. The van der Waals surface area contributed by atoms with E-state index in [9.17, 15) is 0 Å². The van der Waals surface area contributed by atoms with E-state index in [4.69, 9.17) is 15.0 Å². The molecule has 11 rings (SSSR count). The van der Waals surface area contributed by atoms with Gasteiger partial charge in [-0.3, -0.25) is 9.98 Å². The van der Waals surface area contributed by atoms with Gasteiger partial charge in [0.1, 0.15) is 6.04 Å². The zero-order valence-electron chi connectivity index (χ0n) is 29.3. The molecule has 7 aromatic rings. The van der Waals surface area contributed by atoms with Crippen LogP contribution in [0.15, 0.2) is 150 Å². The highest BCUT2D eigenvalue weighted by Crippen LogP contribution is 2.51. The van der Waals surface area contributed by atoms with Gasteiger partial charge in [-0.2, -0.15) is 0 Å². The van der Waals surface area contributed by atoms with E-state index in [1.807, 2.05) is 0 Å². The second-order valence-corrected chi connectivity index (χ2v) is 14.4. The average Bonchev–Trinajstić information content (AvgIpc) is 4.05. The Morgan fingerprint density at radius 3 is 2.36 bits per heavy atom. The summed E-state index contributed by atoms with van der Waals surface area (Å²) in [6.45, 7) is 3.78. The minimum absolute atomic E-state index is 0.0208. The highest BCUT2D eigenvalue weighted by molar-refractivity contribution is 6.19. The number of benzene rings is 4. The second-order valence-electron chi connectivity index (χ2n) is 14.4. The molecule has 3 aromatic heterocycles. The third-order valence-corrected chi connectivity index (χ3v) is 11.2. The predicted octanol–water partition coefficient (Wildman–Crippen LogP) is 8.52. The van der Waals surface area contributed by atoms with Crippen LogP contribution in [0.4, 0.5) is 0 Å². The van der Waals surface area contributed by atoms with Gasteiger partial charge in [-0.25, -0.2) is 4.98 Å². The summed E-state index contributed by atoms with van der Waals surface area (Å²) in [6, 6.07) is 42.7. The summed E-state index contributed by atoms with van der Waals surface area (Å²) in [5.41, 5.74) is 13.0. The van der Waals surface area contributed by atoms with Crippen molar-refractivity contribution in [3.63, 3.8) is 0 Å². The number of nitrogens with one attached hydrogen (secondary N) is 3. The summed E-state index contributed by atoms with van der Waals surface area (Å²) in [5, 5.41) is 15.2. The second kappa shape index (κ2) is 11.9. The number of fused-ring (bicyclic) bond motifs is 6. The van der Waals surface area contributed by atoms with Crippen molar-refractivity contribution in [1.82, 2.24) is 30.5 Å². The largest absolute Gasteiger partial charge is 0.385 e.